The van der Waals surface area contributed by atoms with Gasteiger partial charge in [0.15, 0.2) is 0 Å². The molecule has 0 saturated carbocycles. The molecule has 0 fully saturated rings. The third kappa shape index (κ3) is 3.47. The highest BCUT2D eigenvalue weighted by atomic mass is 19.4. The number of carbonyl (C=O) groups excluding carboxylic acids is 1. The Bertz CT molecular complexity index is 1100. The number of halogens is 8. The van der Waals surface area contributed by atoms with Crippen molar-refractivity contribution in [3.63, 3.8) is 0 Å². The van der Waals surface area contributed by atoms with E-state index in [0.29, 0.717) is 0 Å². The van der Waals surface area contributed by atoms with Crippen LogP contribution in [0.15, 0.2) is 30.5 Å². The number of carbonyl (C=O) groups is 1. The van der Waals surface area contributed by atoms with Gasteiger partial charge in [0.05, 0.1) is 17.7 Å². The molecule has 0 aliphatic rings. The van der Waals surface area contributed by atoms with Gasteiger partial charge < -0.3 is 9.14 Å². The van der Waals surface area contributed by atoms with Gasteiger partial charge in [-0.3, -0.25) is 0 Å². The van der Waals surface area contributed by atoms with Crippen LogP contribution in [0, 0.1) is 0 Å². The maximum Gasteiger partial charge on any atom is 0.459 e. The molecule has 0 aliphatic carbocycles. The maximum atomic E-state index is 13.8. The summed E-state index contributed by atoms with van der Waals surface area (Å²) >= 11 is 0. The molecule has 0 saturated heterocycles. The molecule has 3 rings (SSSR count). The van der Waals surface area contributed by atoms with Gasteiger partial charge in [0.25, 0.3) is 0 Å². The average Bonchev–Trinajstić information content (AvgIpc) is 3.04. The first-order valence-electron chi connectivity index (χ1n) is 7.92. The lowest BCUT2D eigenvalue weighted by molar-refractivity contribution is -0.291. The van der Waals surface area contributed by atoms with E-state index in [2.05, 4.69) is 4.98 Å². The molecule has 4 nitrogen and oxygen atoms in total. The lowest BCUT2D eigenvalue weighted by Crippen LogP contribution is -2.35. The Kier molecular flexibility index (Phi) is 4.71. The molecule has 3 heterocycles. The van der Waals surface area contributed by atoms with E-state index in [0.717, 1.165) is 22.7 Å². The number of alkyl halides is 8. The second-order valence-electron chi connectivity index (χ2n) is 5.94. The van der Waals surface area contributed by atoms with Crippen LogP contribution in [0.25, 0.3) is 16.6 Å². The molecule has 0 amide bonds. The van der Waals surface area contributed by atoms with E-state index in [9.17, 15) is 39.9 Å². The molecule has 0 bridgehead atoms. The second-order valence-corrected chi connectivity index (χ2v) is 5.94. The number of hydrogen-bond acceptors (Lipinski definition) is 3. The number of pyridine rings is 2. The van der Waals surface area contributed by atoms with Gasteiger partial charge in [0.1, 0.15) is 11.3 Å². The minimum atomic E-state index is -6.16. The fourth-order valence-corrected chi connectivity index (χ4v) is 2.72. The van der Waals surface area contributed by atoms with Gasteiger partial charge >= 0.3 is 24.2 Å². The lowest BCUT2D eigenvalue weighted by atomic mass is 10.1. The summed E-state index contributed by atoms with van der Waals surface area (Å²) in [6.45, 7) is 1.50. The van der Waals surface area contributed by atoms with Crippen LogP contribution < -0.4 is 0 Å². The Balaban J connectivity index is 2.39. The van der Waals surface area contributed by atoms with Crippen LogP contribution in [0.3, 0.4) is 0 Å². The molecule has 156 valence electrons. The van der Waals surface area contributed by atoms with Crippen molar-refractivity contribution >= 4 is 22.5 Å². The molecule has 0 aromatic carbocycles. The van der Waals surface area contributed by atoms with Gasteiger partial charge in [-0.1, -0.05) is 0 Å². The number of ether oxygens (including phenoxy) is 1. The molecule has 0 N–H and O–H groups in total. The van der Waals surface area contributed by atoms with Crippen molar-refractivity contribution in [3.8, 4) is 0 Å². The van der Waals surface area contributed by atoms with Crippen LogP contribution in [-0.4, -0.2) is 28.1 Å². The van der Waals surface area contributed by atoms with Gasteiger partial charge in [-0.05, 0) is 31.2 Å². The van der Waals surface area contributed by atoms with Crippen molar-refractivity contribution in [2.45, 2.75) is 25.2 Å². The van der Waals surface area contributed by atoms with Gasteiger partial charge in [0.2, 0.25) is 0 Å². The zero-order chi connectivity index (χ0) is 21.8. The number of esters is 1. The monoisotopic (exact) mass is 426 g/mol. The number of nitrogens with zero attached hydrogens (tertiary/aromatic N) is 2. The Hall–Kier alpha value is -2.92. The Morgan fingerprint density at radius 2 is 1.72 bits per heavy atom. The smallest absolute Gasteiger partial charge is 0.459 e. The van der Waals surface area contributed by atoms with Crippen molar-refractivity contribution in [2.75, 3.05) is 6.61 Å². The normalized spacial score (nSPS) is 13.3. The molecule has 0 radical (unpaired) electrons. The fourth-order valence-electron chi connectivity index (χ4n) is 2.72. The predicted octanol–water partition coefficient (Wildman–Crippen LogP) is 5.34. The quantitative estimate of drug-likeness (QED) is 0.420. The highest BCUT2D eigenvalue weighted by Gasteiger charge is 2.60. The number of fused-ring (bicyclic) bond motifs is 3. The van der Waals surface area contributed by atoms with Crippen molar-refractivity contribution in [3.05, 3.63) is 47.3 Å². The van der Waals surface area contributed by atoms with E-state index >= 15 is 0 Å². The SMILES string of the molecule is CCOC(=O)c1cc2ccc3c(C(F)(F)F)cc(C(F)(F)C(F)(F)F)nc3n2c1. The lowest BCUT2D eigenvalue weighted by Gasteiger charge is -2.21. The van der Waals surface area contributed by atoms with Gasteiger partial charge in [-0.15, -0.1) is 0 Å². The minimum Gasteiger partial charge on any atom is -0.462 e. The van der Waals surface area contributed by atoms with Crippen LogP contribution >= 0.6 is 0 Å². The highest BCUT2D eigenvalue weighted by Crippen LogP contribution is 2.45. The van der Waals surface area contributed by atoms with Gasteiger partial charge in [0, 0.05) is 17.1 Å². The number of aromatic nitrogens is 2. The molecule has 0 aliphatic heterocycles. The van der Waals surface area contributed by atoms with Crippen molar-refractivity contribution < 1.29 is 44.7 Å². The van der Waals surface area contributed by atoms with Crippen LogP contribution in [0.5, 0.6) is 0 Å². The third-order valence-corrected chi connectivity index (χ3v) is 4.03. The summed E-state index contributed by atoms with van der Waals surface area (Å²) in [4.78, 5) is 15.0. The molecule has 3 aromatic rings. The molecule has 29 heavy (non-hydrogen) atoms. The fraction of sp³-hybridized carbons (Fsp3) is 0.294. The number of hydrogen-bond donors (Lipinski definition) is 0. The zero-order valence-electron chi connectivity index (χ0n) is 14.3. The van der Waals surface area contributed by atoms with E-state index in [1.807, 2.05) is 0 Å². The van der Waals surface area contributed by atoms with Crippen molar-refractivity contribution in [1.29, 1.82) is 0 Å². The summed E-state index contributed by atoms with van der Waals surface area (Å²) in [5.41, 5.74) is -4.72. The standard InChI is InChI=1S/C17H10F8N2O2/c1-2-29-14(28)8-5-9-3-4-10-11(16(20,21)22)6-12(15(18,19)17(23,24)25)26-13(10)27(9)7-8/h3-7H,2H2,1H3. The topological polar surface area (TPSA) is 43.6 Å². The third-order valence-electron chi connectivity index (χ3n) is 4.03. The highest BCUT2D eigenvalue weighted by molar-refractivity contribution is 5.93. The summed E-state index contributed by atoms with van der Waals surface area (Å²) in [6, 6.07) is 2.88. The summed E-state index contributed by atoms with van der Waals surface area (Å²) < 4.78 is 111. The first kappa shape index (κ1) is 20.8. The predicted molar refractivity (Wildman–Crippen MR) is 83.6 cm³/mol. The van der Waals surface area contributed by atoms with Gasteiger partial charge in [-0.2, -0.15) is 35.1 Å². The Morgan fingerprint density at radius 3 is 2.28 bits per heavy atom. The second kappa shape index (κ2) is 6.56. The summed E-state index contributed by atoms with van der Waals surface area (Å²) in [5, 5.41) is -0.710. The maximum absolute atomic E-state index is 13.8. The Labute approximate surface area is 156 Å². The Morgan fingerprint density at radius 1 is 1.07 bits per heavy atom. The van der Waals surface area contributed by atoms with E-state index in [-0.39, 0.29) is 23.8 Å². The molecule has 12 heteroatoms. The molecule has 0 atom stereocenters. The molecule has 3 aromatic heterocycles. The van der Waals surface area contributed by atoms with Crippen LogP contribution in [0.1, 0.15) is 28.5 Å². The average molecular weight is 426 g/mol. The van der Waals surface area contributed by atoms with Crippen LogP contribution in [0.2, 0.25) is 0 Å². The molecular formula is C17H10F8N2O2. The van der Waals surface area contributed by atoms with E-state index in [1.165, 1.54) is 13.0 Å². The molecule has 0 unspecified atom stereocenters. The van der Waals surface area contributed by atoms with E-state index in [4.69, 9.17) is 4.74 Å². The summed E-state index contributed by atoms with van der Waals surface area (Å²) in [7, 11) is 0. The zero-order valence-corrected chi connectivity index (χ0v) is 14.3. The summed E-state index contributed by atoms with van der Waals surface area (Å²) in [5.74, 6) is -6.47. The molecular weight excluding hydrogens is 416 g/mol. The number of rotatable bonds is 3. The van der Waals surface area contributed by atoms with E-state index < -0.39 is 46.5 Å². The van der Waals surface area contributed by atoms with E-state index in [1.54, 1.807) is 0 Å². The van der Waals surface area contributed by atoms with Gasteiger partial charge in [-0.25, -0.2) is 9.78 Å². The minimum absolute atomic E-state index is 0.00972. The summed E-state index contributed by atoms with van der Waals surface area (Å²) in [6.07, 6.45) is -10.4. The first-order valence-corrected chi connectivity index (χ1v) is 7.92. The largest absolute Gasteiger partial charge is 0.462 e. The van der Waals surface area contributed by atoms with Crippen LogP contribution in [0.4, 0.5) is 35.1 Å². The van der Waals surface area contributed by atoms with Crippen molar-refractivity contribution in [1.82, 2.24) is 9.38 Å². The van der Waals surface area contributed by atoms with Crippen molar-refractivity contribution in [2.24, 2.45) is 0 Å². The molecule has 0 spiro atoms. The first-order chi connectivity index (χ1) is 13.3. The van der Waals surface area contributed by atoms with Crippen LogP contribution in [-0.2, 0) is 16.8 Å².